The van der Waals surface area contributed by atoms with Crippen LogP contribution in [0.5, 0.6) is 0 Å². The molecule has 3 atom stereocenters. The number of carboxylic acids is 1. The molecule has 0 aliphatic heterocycles. The molecule has 3 unspecified atom stereocenters. The van der Waals surface area contributed by atoms with Crippen molar-refractivity contribution in [2.45, 2.75) is 12.8 Å². The Hall–Kier alpha value is -1.36. The van der Waals surface area contributed by atoms with E-state index in [9.17, 15) is 9.59 Å². The maximum Gasteiger partial charge on any atom is 0.323 e. The number of carbonyl (C=O) groups excluding carboxylic acids is 1. The van der Waals surface area contributed by atoms with Crippen molar-refractivity contribution < 1.29 is 19.4 Å². The number of carbonyl (C=O) groups is 2. The van der Waals surface area contributed by atoms with Gasteiger partial charge in [-0.05, 0) is 24.7 Å². The van der Waals surface area contributed by atoms with Crippen molar-refractivity contribution in [3.8, 4) is 0 Å². The highest BCUT2D eigenvalue weighted by atomic mass is 16.5. The van der Waals surface area contributed by atoms with Gasteiger partial charge in [0.25, 0.3) is 0 Å². The van der Waals surface area contributed by atoms with Crippen LogP contribution < -0.4 is 0 Å². The van der Waals surface area contributed by atoms with Gasteiger partial charge in [-0.3, -0.25) is 9.59 Å². The van der Waals surface area contributed by atoms with E-state index in [-0.39, 0.29) is 18.4 Å². The van der Waals surface area contributed by atoms with Crippen LogP contribution in [0.1, 0.15) is 12.8 Å². The predicted molar refractivity (Wildman–Crippen MR) is 64.9 cm³/mol. The molecule has 1 N–H and O–H groups in total. The summed E-state index contributed by atoms with van der Waals surface area (Å²) in [7, 11) is 1.55. The van der Waals surface area contributed by atoms with Crippen LogP contribution in [0.2, 0.25) is 0 Å². The lowest BCUT2D eigenvalue weighted by atomic mass is 9.92. The fourth-order valence-corrected chi connectivity index (χ4v) is 2.93. The van der Waals surface area contributed by atoms with E-state index >= 15 is 0 Å². The Morgan fingerprint density at radius 2 is 2.17 bits per heavy atom. The summed E-state index contributed by atoms with van der Waals surface area (Å²) in [5.74, 6) is -0.222. The van der Waals surface area contributed by atoms with Crippen LogP contribution in [-0.4, -0.2) is 48.7 Å². The van der Waals surface area contributed by atoms with Gasteiger partial charge in [-0.15, -0.1) is 0 Å². The minimum absolute atomic E-state index is 0.0313. The van der Waals surface area contributed by atoms with Crippen LogP contribution >= 0.6 is 0 Å². The Kier molecular flexibility index (Phi) is 4.01. The fourth-order valence-electron chi connectivity index (χ4n) is 2.93. The molecule has 0 radical (unpaired) electrons. The highest BCUT2D eigenvalue weighted by Gasteiger charge is 2.41. The molecular weight excluding hydrogens is 234 g/mol. The van der Waals surface area contributed by atoms with E-state index in [2.05, 4.69) is 12.2 Å². The minimum Gasteiger partial charge on any atom is -0.480 e. The molecule has 0 aromatic heterocycles. The van der Waals surface area contributed by atoms with Crippen LogP contribution in [0, 0.1) is 17.8 Å². The molecule has 5 nitrogen and oxygen atoms in total. The number of amides is 1. The van der Waals surface area contributed by atoms with E-state index in [1.165, 1.54) is 4.90 Å². The van der Waals surface area contributed by atoms with Crippen molar-refractivity contribution in [2.75, 3.05) is 26.8 Å². The van der Waals surface area contributed by atoms with Gasteiger partial charge < -0.3 is 14.7 Å². The van der Waals surface area contributed by atoms with Crippen molar-refractivity contribution in [3.63, 3.8) is 0 Å². The molecule has 2 bridgehead atoms. The first-order valence-electron chi connectivity index (χ1n) is 6.29. The average Bonchev–Trinajstić information content (AvgIpc) is 2.95. The smallest absolute Gasteiger partial charge is 0.323 e. The molecule has 0 spiro atoms. The van der Waals surface area contributed by atoms with Crippen molar-refractivity contribution in [3.05, 3.63) is 12.2 Å². The number of ether oxygens (including phenoxy) is 1. The van der Waals surface area contributed by atoms with Gasteiger partial charge >= 0.3 is 5.97 Å². The van der Waals surface area contributed by atoms with Gasteiger partial charge in [0.15, 0.2) is 0 Å². The lowest BCUT2D eigenvalue weighted by molar-refractivity contribution is -0.147. The minimum atomic E-state index is -0.974. The SMILES string of the molecule is COCCN(CC(=O)O)C(=O)C1CC2C=CC1C2. The summed E-state index contributed by atoms with van der Waals surface area (Å²) >= 11 is 0. The Balaban J connectivity index is 1.98. The van der Waals surface area contributed by atoms with Crippen LogP contribution in [0.3, 0.4) is 0 Å². The summed E-state index contributed by atoms with van der Waals surface area (Å²) in [6, 6.07) is 0. The maximum atomic E-state index is 12.3. The number of rotatable bonds is 6. The highest BCUT2D eigenvalue weighted by Crippen LogP contribution is 2.44. The molecule has 2 aliphatic rings. The molecule has 1 saturated carbocycles. The van der Waals surface area contributed by atoms with Gasteiger partial charge in [0.05, 0.1) is 6.61 Å². The average molecular weight is 253 g/mol. The molecule has 2 aliphatic carbocycles. The number of hydrogen-bond donors (Lipinski definition) is 1. The third kappa shape index (κ3) is 2.72. The quantitative estimate of drug-likeness (QED) is 0.710. The molecule has 1 fully saturated rings. The zero-order valence-corrected chi connectivity index (χ0v) is 10.5. The third-order valence-electron chi connectivity index (χ3n) is 3.80. The number of aliphatic carboxylic acids is 1. The molecule has 2 rings (SSSR count). The number of fused-ring (bicyclic) bond motifs is 2. The monoisotopic (exact) mass is 253 g/mol. The number of hydrogen-bond acceptors (Lipinski definition) is 3. The largest absolute Gasteiger partial charge is 0.480 e. The van der Waals surface area contributed by atoms with Crippen LogP contribution in [-0.2, 0) is 14.3 Å². The normalized spacial score (nSPS) is 28.6. The van der Waals surface area contributed by atoms with E-state index in [4.69, 9.17) is 9.84 Å². The third-order valence-corrected chi connectivity index (χ3v) is 3.80. The first-order chi connectivity index (χ1) is 8.61. The van der Waals surface area contributed by atoms with Gasteiger partial charge in [-0.1, -0.05) is 12.2 Å². The summed E-state index contributed by atoms with van der Waals surface area (Å²) in [6.45, 7) is 0.481. The van der Waals surface area contributed by atoms with Crippen molar-refractivity contribution in [1.29, 1.82) is 0 Å². The molecular formula is C13H19NO4. The first kappa shape index (κ1) is 13.1. The van der Waals surface area contributed by atoms with Gasteiger partial charge in [0, 0.05) is 19.6 Å². The molecule has 100 valence electrons. The molecule has 1 amide bonds. The second kappa shape index (κ2) is 5.52. The molecule has 18 heavy (non-hydrogen) atoms. The highest BCUT2D eigenvalue weighted by molar-refractivity contribution is 5.84. The summed E-state index contributed by atoms with van der Waals surface area (Å²) < 4.78 is 4.93. The van der Waals surface area contributed by atoms with E-state index < -0.39 is 5.97 Å². The van der Waals surface area contributed by atoms with Gasteiger partial charge in [0.1, 0.15) is 6.54 Å². The Bertz CT molecular complexity index is 366. The van der Waals surface area contributed by atoms with E-state index in [1.54, 1.807) is 7.11 Å². The predicted octanol–water partition coefficient (Wildman–Crippen LogP) is 0.758. The van der Waals surface area contributed by atoms with E-state index in [0.29, 0.717) is 25.0 Å². The number of methoxy groups -OCH3 is 1. The topological polar surface area (TPSA) is 66.8 Å². The van der Waals surface area contributed by atoms with Crippen molar-refractivity contribution >= 4 is 11.9 Å². The van der Waals surface area contributed by atoms with Gasteiger partial charge in [-0.2, -0.15) is 0 Å². The second-order valence-corrected chi connectivity index (χ2v) is 5.03. The standard InChI is InChI=1S/C13H19NO4/c1-18-5-4-14(8-12(15)16)13(17)11-7-9-2-3-10(11)6-9/h2-3,9-11H,4-8H2,1H3,(H,15,16). The van der Waals surface area contributed by atoms with Crippen LogP contribution in [0.4, 0.5) is 0 Å². The Morgan fingerprint density at radius 3 is 2.67 bits per heavy atom. The number of carboxylic acid groups (broad SMARTS) is 1. The zero-order valence-electron chi connectivity index (χ0n) is 10.5. The molecule has 0 aromatic carbocycles. The fraction of sp³-hybridized carbons (Fsp3) is 0.692. The van der Waals surface area contributed by atoms with Crippen LogP contribution in [0.25, 0.3) is 0 Å². The van der Waals surface area contributed by atoms with Crippen LogP contribution in [0.15, 0.2) is 12.2 Å². The van der Waals surface area contributed by atoms with Gasteiger partial charge in [-0.25, -0.2) is 0 Å². The number of nitrogens with zero attached hydrogens (tertiary/aromatic N) is 1. The Labute approximate surface area is 106 Å². The molecule has 5 heteroatoms. The van der Waals surface area contributed by atoms with Crippen molar-refractivity contribution in [2.24, 2.45) is 17.8 Å². The van der Waals surface area contributed by atoms with E-state index in [0.717, 1.165) is 12.8 Å². The second-order valence-electron chi connectivity index (χ2n) is 5.03. The Morgan fingerprint density at radius 1 is 1.39 bits per heavy atom. The first-order valence-corrected chi connectivity index (χ1v) is 6.29. The molecule has 0 saturated heterocycles. The zero-order chi connectivity index (χ0) is 13.1. The lowest BCUT2D eigenvalue weighted by Gasteiger charge is -2.26. The molecule has 0 heterocycles. The molecule has 0 aromatic rings. The summed E-state index contributed by atoms with van der Waals surface area (Å²) in [5, 5.41) is 8.86. The summed E-state index contributed by atoms with van der Waals surface area (Å²) in [4.78, 5) is 24.6. The van der Waals surface area contributed by atoms with E-state index in [1.807, 2.05) is 0 Å². The van der Waals surface area contributed by atoms with Gasteiger partial charge in [0.2, 0.25) is 5.91 Å². The summed E-state index contributed by atoms with van der Waals surface area (Å²) in [6.07, 6.45) is 6.18. The van der Waals surface area contributed by atoms with Crippen molar-refractivity contribution in [1.82, 2.24) is 4.90 Å². The summed E-state index contributed by atoms with van der Waals surface area (Å²) in [5.41, 5.74) is 0. The maximum absolute atomic E-state index is 12.3. The lowest BCUT2D eigenvalue weighted by Crippen LogP contribution is -2.42. The number of allylic oxidation sites excluding steroid dienone is 2.